The number of rotatable bonds is 5. The van der Waals surface area contributed by atoms with Crippen LogP contribution in [-0.2, 0) is 13.1 Å². The van der Waals surface area contributed by atoms with Crippen molar-refractivity contribution in [2.24, 2.45) is 0 Å². The first-order valence-electron chi connectivity index (χ1n) is 6.06. The van der Waals surface area contributed by atoms with Crippen LogP contribution in [0.2, 0.25) is 0 Å². The summed E-state index contributed by atoms with van der Waals surface area (Å²) in [5, 5.41) is 12.3. The zero-order valence-corrected chi connectivity index (χ0v) is 11.1. The molecule has 0 unspecified atom stereocenters. The summed E-state index contributed by atoms with van der Waals surface area (Å²) >= 11 is 0. The summed E-state index contributed by atoms with van der Waals surface area (Å²) in [6, 6.07) is 11.6. The van der Waals surface area contributed by atoms with Crippen molar-refractivity contribution in [2.75, 3.05) is 7.11 Å². The van der Waals surface area contributed by atoms with Gasteiger partial charge < -0.3 is 14.5 Å². The van der Waals surface area contributed by atoms with E-state index in [0.29, 0.717) is 24.4 Å². The van der Waals surface area contributed by atoms with Gasteiger partial charge in [0.15, 0.2) is 0 Å². The minimum Gasteiger partial charge on any atom is -0.495 e. The van der Waals surface area contributed by atoms with E-state index in [2.05, 4.69) is 11.4 Å². The number of ether oxygens (including phenoxy) is 1. The largest absolute Gasteiger partial charge is 0.495 e. The molecule has 98 valence electrons. The van der Waals surface area contributed by atoms with E-state index in [1.807, 2.05) is 37.3 Å². The number of aryl methyl sites for hydroxylation is 1. The first-order valence-corrected chi connectivity index (χ1v) is 6.06. The molecule has 2 aromatic rings. The van der Waals surface area contributed by atoms with Crippen molar-refractivity contribution in [3.63, 3.8) is 0 Å². The van der Waals surface area contributed by atoms with Crippen LogP contribution in [0.5, 0.6) is 5.75 Å². The van der Waals surface area contributed by atoms with Gasteiger partial charge in [0.2, 0.25) is 0 Å². The third kappa shape index (κ3) is 3.36. The third-order valence-electron chi connectivity index (χ3n) is 2.81. The molecule has 19 heavy (non-hydrogen) atoms. The van der Waals surface area contributed by atoms with Gasteiger partial charge in [-0.15, -0.1) is 0 Å². The highest BCUT2D eigenvalue weighted by Gasteiger charge is 2.04. The third-order valence-corrected chi connectivity index (χ3v) is 2.81. The molecular weight excluding hydrogens is 240 g/mol. The zero-order valence-electron chi connectivity index (χ0n) is 11.1. The number of hydrogen-bond acceptors (Lipinski definition) is 4. The van der Waals surface area contributed by atoms with Gasteiger partial charge >= 0.3 is 0 Å². The molecule has 1 aromatic carbocycles. The standard InChI is InChI=1S/C15H16N2O2/c1-11-3-5-14(19-11)10-17-9-12-4-6-15(18-2)13(7-12)8-16/h3-7,17H,9-10H2,1-2H3. The summed E-state index contributed by atoms with van der Waals surface area (Å²) in [6.45, 7) is 3.27. The van der Waals surface area contributed by atoms with Crippen molar-refractivity contribution in [1.29, 1.82) is 5.26 Å². The van der Waals surface area contributed by atoms with E-state index in [-0.39, 0.29) is 0 Å². The predicted octanol–water partition coefficient (Wildman–Crippen LogP) is 2.76. The molecule has 0 radical (unpaired) electrons. The molecule has 0 spiro atoms. The SMILES string of the molecule is COc1ccc(CNCc2ccc(C)o2)cc1C#N. The fourth-order valence-electron chi connectivity index (χ4n) is 1.86. The Labute approximate surface area is 112 Å². The van der Waals surface area contributed by atoms with Crippen LogP contribution in [0.25, 0.3) is 0 Å². The van der Waals surface area contributed by atoms with E-state index in [1.54, 1.807) is 7.11 Å². The van der Waals surface area contributed by atoms with Gasteiger partial charge in [0, 0.05) is 6.54 Å². The van der Waals surface area contributed by atoms with Crippen LogP contribution < -0.4 is 10.1 Å². The molecule has 1 N–H and O–H groups in total. The monoisotopic (exact) mass is 256 g/mol. The normalized spacial score (nSPS) is 10.2. The molecular formula is C15H16N2O2. The quantitative estimate of drug-likeness (QED) is 0.893. The van der Waals surface area contributed by atoms with Crippen molar-refractivity contribution in [3.8, 4) is 11.8 Å². The van der Waals surface area contributed by atoms with Crippen LogP contribution in [0, 0.1) is 18.3 Å². The maximum atomic E-state index is 9.01. The minimum atomic E-state index is 0.552. The topological polar surface area (TPSA) is 58.2 Å². The average Bonchev–Trinajstić information content (AvgIpc) is 2.84. The molecule has 0 amide bonds. The number of furan rings is 1. The molecule has 0 saturated heterocycles. The van der Waals surface area contributed by atoms with Gasteiger partial charge in [-0.05, 0) is 36.8 Å². The lowest BCUT2D eigenvalue weighted by Crippen LogP contribution is -2.12. The van der Waals surface area contributed by atoms with Gasteiger partial charge in [-0.2, -0.15) is 5.26 Å². The molecule has 0 atom stereocenters. The number of hydrogen-bond donors (Lipinski definition) is 1. The molecule has 0 bridgehead atoms. The molecule has 0 aliphatic rings. The Hall–Kier alpha value is -2.25. The van der Waals surface area contributed by atoms with E-state index in [9.17, 15) is 0 Å². The lowest BCUT2D eigenvalue weighted by Gasteiger charge is -2.06. The molecule has 0 aliphatic heterocycles. The van der Waals surface area contributed by atoms with Crippen LogP contribution >= 0.6 is 0 Å². The summed E-state index contributed by atoms with van der Waals surface area (Å²) in [4.78, 5) is 0. The van der Waals surface area contributed by atoms with E-state index in [0.717, 1.165) is 17.1 Å². The van der Waals surface area contributed by atoms with Crippen molar-refractivity contribution in [2.45, 2.75) is 20.0 Å². The summed E-state index contributed by atoms with van der Waals surface area (Å²) in [5.74, 6) is 2.42. The van der Waals surface area contributed by atoms with Gasteiger partial charge in [-0.3, -0.25) is 0 Å². The van der Waals surface area contributed by atoms with Crippen LogP contribution in [0.1, 0.15) is 22.6 Å². The molecule has 0 aliphatic carbocycles. The fraction of sp³-hybridized carbons (Fsp3) is 0.267. The highest BCUT2D eigenvalue weighted by Crippen LogP contribution is 2.18. The lowest BCUT2D eigenvalue weighted by molar-refractivity contribution is 0.413. The lowest BCUT2D eigenvalue weighted by atomic mass is 10.1. The number of nitrogens with zero attached hydrogens (tertiary/aromatic N) is 1. The van der Waals surface area contributed by atoms with E-state index < -0.39 is 0 Å². The number of methoxy groups -OCH3 is 1. The van der Waals surface area contributed by atoms with Gasteiger partial charge in [0.1, 0.15) is 23.3 Å². The first-order chi connectivity index (χ1) is 9.22. The van der Waals surface area contributed by atoms with E-state index >= 15 is 0 Å². The second kappa shape index (κ2) is 6.07. The molecule has 4 nitrogen and oxygen atoms in total. The number of benzene rings is 1. The number of nitrogens with one attached hydrogen (secondary N) is 1. The second-order valence-corrected chi connectivity index (χ2v) is 4.26. The van der Waals surface area contributed by atoms with Crippen LogP contribution in [0.15, 0.2) is 34.7 Å². The smallest absolute Gasteiger partial charge is 0.136 e. The Bertz CT molecular complexity index is 596. The van der Waals surface area contributed by atoms with Gasteiger partial charge in [0.25, 0.3) is 0 Å². The Kier molecular flexibility index (Phi) is 4.22. The highest BCUT2D eigenvalue weighted by molar-refractivity contribution is 5.45. The highest BCUT2D eigenvalue weighted by atomic mass is 16.5. The maximum Gasteiger partial charge on any atom is 0.136 e. The molecule has 0 saturated carbocycles. The van der Waals surface area contributed by atoms with Crippen molar-refractivity contribution < 1.29 is 9.15 Å². The summed E-state index contributed by atoms with van der Waals surface area (Å²) in [6.07, 6.45) is 0. The van der Waals surface area contributed by atoms with Crippen LogP contribution in [0.3, 0.4) is 0 Å². The van der Waals surface area contributed by atoms with Crippen molar-refractivity contribution in [1.82, 2.24) is 5.32 Å². The zero-order chi connectivity index (χ0) is 13.7. The Balaban J connectivity index is 1.95. The van der Waals surface area contributed by atoms with Crippen molar-refractivity contribution in [3.05, 3.63) is 53.0 Å². The molecule has 1 heterocycles. The fourth-order valence-corrected chi connectivity index (χ4v) is 1.86. The van der Waals surface area contributed by atoms with Crippen LogP contribution in [-0.4, -0.2) is 7.11 Å². The van der Waals surface area contributed by atoms with Gasteiger partial charge in [-0.25, -0.2) is 0 Å². The summed E-state index contributed by atoms with van der Waals surface area (Å²) < 4.78 is 10.6. The van der Waals surface area contributed by atoms with Crippen molar-refractivity contribution >= 4 is 0 Å². The van der Waals surface area contributed by atoms with Gasteiger partial charge in [-0.1, -0.05) is 6.07 Å². The molecule has 0 fully saturated rings. The summed E-state index contributed by atoms with van der Waals surface area (Å²) in [7, 11) is 1.56. The predicted molar refractivity (Wildman–Crippen MR) is 71.7 cm³/mol. The Morgan fingerprint density at radius 2 is 2.11 bits per heavy atom. The molecule has 2 rings (SSSR count). The average molecular weight is 256 g/mol. The molecule has 4 heteroatoms. The summed E-state index contributed by atoms with van der Waals surface area (Å²) in [5.41, 5.74) is 1.59. The number of nitriles is 1. The first kappa shape index (κ1) is 13.2. The van der Waals surface area contributed by atoms with Gasteiger partial charge in [0.05, 0.1) is 19.2 Å². The Morgan fingerprint density at radius 3 is 2.74 bits per heavy atom. The van der Waals surface area contributed by atoms with Crippen LogP contribution in [0.4, 0.5) is 0 Å². The van der Waals surface area contributed by atoms with E-state index in [4.69, 9.17) is 14.4 Å². The minimum absolute atomic E-state index is 0.552. The maximum absolute atomic E-state index is 9.01. The van der Waals surface area contributed by atoms with E-state index in [1.165, 1.54) is 0 Å². The molecule has 1 aromatic heterocycles. The second-order valence-electron chi connectivity index (χ2n) is 4.26. The Morgan fingerprint density at radius 1 is 1.26 bits per heavy atom.